The number of nitrogens with one attached hydrogen (secondary N) is 1. The molecule has 2 rings (SSSR count). The second-order valence-electron chi connectivity index (χ2n) is 4.81. The number of benzene rings is 2. The predicted octanol–water partition coefficient (Wildman–Crippen LogP) is 3.92. The van der Waals surface area contributed by atoms with E-state index in [0.717, 1.165) is 0 Å². The fourth-order valence-corrected chi connectivity index (χ4v) is 2.52. The molecule has 0 spiro atoms. The first-order valence-corrected chi connectivity index (χ1v) is 8.25. The summed E-state index contributed by atoms with van der Waals surface area (Å²) >= 11 is 9.20. The zero-order valence-electron chi connectivity index (χ0n) is 13.5. The third-order valence-corrected chi connectivity index (χ3v) is 3.99. The van der Waals surface area contributed by atoms with Crippen molar-refractivity contribution in [3.05, 3.63) is 51.5 Å². The second kappa shape index (κ2) is 8.73. The lowest BCUT2D eigenvalue weighted by molar-refractivity contribution is -0.119. The minimum atomic E-state index is -0.695. The van der Waals surface area contributed by atoms with Crippen LogP contribution in [0, 0.1) is 0 Å². The quantitative estimate of drug-likeness (QED) is 0.706. The van der Waals surface area contributed by atoms with Crippen LogP contribution in [0.25, 0.3) is 0 Å². The molecule has 0 saturated carbocycles. The summed E-state index contributed by atoms with van der Waals surface area (Å²) in [5.41, 5.74) is 0.575. The van der Waals surface area contributed by atoms with Gasteiger partial charge in [0.05, 0.1) is 30.5 Å². The van der Waals surface area contributed by atoms with Gasteiger partial charge in [0.25, 0.3) is 5.91 Å². The molecule has 0 aromatic heterocycles. The molecule has 0 aliphatic rings. The Morgan fingerprint density at radius 3 is 2.56 bits per heavy atom. The molecule has 8 heteroatoms. The van der Waals surface area contributed by atoms with Crippen LogP contribution in [-0.2, 0) is 9.53 Å². The van der Waals surface area contributed by atoms with E-state index >= 15 is 0 Å². The fourth-order valence-electron chi connectivity index (χ4n) is 1.96. The van der Waals surface area contributed by atoms with Gasteiger partial charge in [-0.05, 0) is 30.3 Å². The van der Waals surface area contributed by atoms with Crippen molar-refractivity contribution in [3.8, 4) is 11.5 Å². The lowest BCUT2D eigenvalue weighted by Crippen LogP contribution is -2.21. The maximum atomic E-state index is 12.0. The lowest BCUT2D eigenvalue weighted by Gasteiger charge is -2.12. The van der Waals surface area contributed by atoms with Crippen molar-refractivity contribution in [1.29, 1.82) is 0 Å². The van der Waals surface area contributed by atoms with Crippen molar-refractivity contribution in [2.24, 2.45) is 0 Å². The van der Waals surface area contributed by atoms with E-state index in [-0.39, 0.29) is 10.6 Å². The van der Waals surface area contributed by atoms with Crippen molar-refractivity contribution in [1.82, 2.24) is 0 Å². The number of esters is 1. The van der Waals surface area contributed by atoms with E-state index in [1.165, 1.54) is 20.3 Å². The van der Waals surface area contributed by atoms with Gasteiger partial charge in [0.2, 0.25) is 0 Å². The van der Waals surface area contributed by atoms with Gasteiger partial charge in [0, 0.05) is 10.5 Å². The molecule has 0 unspecified atom stereocenters. The van der Waals surface area contributed by atoms with Crippen molar-refractivity contribution in [2.75, 3.05) is 26.1 Å². The molecule has 0 heterocycles. The summed E-state index contributed by atoms with van der Waals surface area (Å²) in [4.78, 5) is 24.1. The standard InChI is InChI=1S/C17H15BrClNO5/c1-23-11-4-6-15(24-2)14(8-11)20-16(21)9-25-17(22)12-7-10(18)3-5-13(12)19/h3-8H,9H2,1-2H3,(H,20,21). The van der Waals surface area contributed by atoms with E-state index in [1.54, 1.807) is 30.3 Å². The molecule has 1 N–H and O–H groups in total. The first-order chi connectivity index (χ1) is 11.9. The van der Waals surface area contributed by atoms with Crippen LogP contribution in [-0.4, -0.2) is 32.7 Å². The van der Waals surface area contributed by atoms with Crippen LogP contribution in [0.1, 0.15) is 10.4 Å². The van der Waals surface area contributed by atoms with E-state index in [0.29, 0.717) is 21.7 Å². The average molecular weight is 429 g/mol. The third kappa shape index (κ3) is 5.11. The van der Waals surface area contributed by atoms with Crippen LogP contribution < -0.4 is 14.8 Å². The molecule has 0 bridgehead atoms. The highest BCUT2D eigenvalue weighted by Crippen LogP contribution is 2.28. The number of carbonyl (C=O) groups is 2. The zero-order valence-corrected chi connectivity index (χ0v) is 15.8. The summed E-state index contributed by atoms with van der Waals surface area (Å²) in [6.45, 7) is -0.470. The van der Waals surface area contributed by atoms with Gasteiger partial charge in [-0.25, -0.2) is 4.79 Å². The molecule has 2 aromatic carbocycles. The normalized spacial score (nSPS) is 10.1. The molecule has 0 atom stereocenters. The maximum Gasteiger partial charge on any atom is 0.340 e. The summed E-state index contributed by atoms with van der Waals surface area (Å²) in [5, 5.41) is 2.84. The van der Waals surface area contributed by atoms with Gasteiger partial charge in [-0.3, -0.25) is 4.79 Å². The molecule has 0 aliphatic carbocycles. The average Bonchev–Trinajstić information content (AvgIpc) is 2.61. The highest BCUT2D eigenvalue weighted by molar-refractivity contribution is 9.10. The Balaban J connectivity index is 2.01. The van der Waals surface area contributed by atoms with Crippen LogP contribution in [0.3, 0.4) is 0 Å². The van der Waals surface area contributed by atoms with Crippen LogP contribution in [0.4, 0.5) is 5.69 Å². The van der Waals surface area contributed by atoms with Gasteiger partial charge in [-0.15, -0.1) is 0 Å². The smallest absolute Gasteiger partial charge is 0.340 e. The summed E-state index contributed by atoms with van der Waals surface area (Å²) in [6, 6.07) is 9.73. The largest absolute Gasteiger partial charge is 0.497 e. The number of hydrogen-bond donors (Lipinski definition) is 1. The van der Waals surface area contributed by atoms with Gasteiger partial charge in [0.15, 0.2) is 6.61 Å². The second-order valence-corrected chi connectivity index (χ2v) is 6.14. The maximum absolute atomic E-state index is 12.0. The number of carbonyl (C=O) groups excluding carboxylic acids is 2. The van der Waals surface area contributed by atoms with Crippen molar-refractivity contribution < 1.29 is 23.8 Å². The predicted molar refractivity (Wildman–Crippen MR) is 97.6 cm³/mol. The van der Waals surface area contributed by atoms with E-state index in [9.17, 15) is 9.59 Å². The van der Waals surface area contributed by atoms with Crippen molar-refractivity contribution in [2.45, 2.75) is 0 Å². The number of methoxy groups -OCH3 is 2. The number of hydrogen-bond acceptors (Lipinski definition) is 5. The molecule has 132 valence electrons. The number of amides is 1. The third-order valence-electron chi connectivity index (χ3n) is 3.16. The van der Waals surface area contributed by atoms with Crippen LogP contribution in [0.5, 0.6) is 11.5 Å². The van der Waals surface area contributed by atoms with E-state index in [1.807, 2.05) is 0 Å². The van der Waals surface area contributed by atoms with Crippen molar-refractivity contribution >= 4 is 45.1 Å². The Morgan fingerprint density at radius 2 is 1.88 bits per heavy atom. The first kappa shape index (κ1) is 19.1. The highest BCUT2D eigenvalue weighted by Gasteiger charge is 2.15. The van der Waals surface area contributed by atoms with Gasteiger partial charge < -0.3 is 19.5 Å². The number of halogens is 2. The summed E-state index contributed by atoms with van der Waals surface area (Å²) in [6.07, 6.45) is 0. The van der Waals surface area contributed by atoms with E-state index in [4.69, 9.17) is 25.8 Å². The first-order valence-electron chi connectivity index (χ1n) is 7.08. The van der Waals surface area contributed by atoms with Crippen molar-refractivity contribution in [3.63, 3.8) is 0 Å². The minimum Gasteiger partial charge on any atom is -0.497 e. The molecule has 0 radical (unpaired) electrons. The molecule has 2 aromatic rings. The molecular weight excluding hydrogens is 414 g/mol. The van der Waals surface area contributed by atoms with E-state index in [2.05, 4.69) is 21.2 Å². The topological polar surface area (TPSA) is 73.9 Å². The Labute approximate surface area is 158 Å². The molecule has 0 saturated heterocycles. The molecule has 1 amide bonds. The Bertz CT molecular complexity index is 797. The number of anilines is 1. The molecule has 0 fully saturated rings. The van der Waals surface area contributed by atoms with Gasteiger partial charge in [-0.1, -0.05) is 27.5 Å². The fraction of sp³-hybridized carbons (Fsp3) is 0.176. The molecular formula is C17H15BrClNO5. The molecule has 0 aliphatic heterocycles. The Hall–Kier alpha value is -2.25. The van der Waals surface area contributed by atoms with Gasteiger partial charge in [-0.2, -0.15) is 0 Å². The lowest BCUT2D eigenvalue weighted by atomic mass is 10.2. The SMILES string of the molecule is COc1ccc(OC)c(NC(=O)COC(=O)c2cc(Br)ccc2Cl)c1. The Morgan fingerprint density at radius 1 is 1.12 bits per heavy atom. The van der Waals surface area contributed by atoms with Crippen LogP contribution >= 0.6 is 27.5 Å². The zero-order chi connectivity index (χ0) is 18.4. The summed E-state index contributed by atoms with van der Waals surface area (Å²) in [7, 11) is 2.99. The molecule has 6 nitrogen and oxygen atoms in total. The molecule has 25 heavy (non-hydrogen) atoms. The van der Waals surface area contributed by atoms with Gasteiger partial charge in [0.1, 0.15) is 11.5 Å². The summed E-state index contributed by atoms with van der Waals surface area (Å²) in [5.74, 6) is -0.213. The minimum absolute atomic E-state index is 0.169. The van der Waals surface area contributed by atoms with E-state index < -0.39 is 18.5 Å². The monoisotopic (exact) mass is 427 g/mol. The summed E-state index contributed by atoms with van der Waals surface area (Å²) < 4.78 is 15.9. The van der Waals surface area contributed by atoms with Gasteiger partial charge >= 0.3 is 5.97 Å². The number of ether oxygens (including phenoxy) is 3. The highest BCUT2D eigenvalue weighted by atomic mass is 79.9. The van der Waals surface area contributed by atoms with Crippen LogP contribution in [0.2, 0.25) is 5.02 Å². The van der Waals surface area contributed by atoms with Crippen LogP contribution in [0.15, 0.2) is 40.9 Å². The Kier molecular flexibility index (Phi) is 6.66. The number of rotatable bonds is 6.